The van der Waals surface area contributed by atoms with Crippen molar-refractivity contribution in [2.24, 2.45) is 0 Å². The number of carbonyl (C=O) groups is 1. The molecule has 0 unspecified atom stereocenters. The summed E-state index contributed by atoms with van der Waals surface area (Å²) in [6, 6.07) is 10.2. The van der Waals surface area contributed by atoms with Crippen LogP contribution in [0.25, 0.3) is 0 Å². The third-order valence-electron chi connectivity index (χ3n) is 2.72. The van der Waals surface area contributed by atoms with E-state index in [0.29, 0.717) is 0 Å². The van der Waals surface area contributed by atoms with Gasteiger partial charge in [0.25, 0.3) is 0 Å². The highest BCUT2D eigenvalue weighted by atomic mass is 127. The molecule has 1 aliphatic rings. The fourth-order valence-corrected chi connectivity index (χ4v) is 2.65. The number of carbonyl (C=O) groups excluding carboxylic acids is 1. The van der Waals surface area contributed by atoms with Gasteiger partial charge in [-0.15, -0.1) is 0 Å². The second-order valence-corrected chi connectivity index (χ2v) is 4.77. The Kier molecular flexibility index (Phi) is 3.81. The maximum atomic E-state index is 11.4. The van der Waals surface area contributed by atoms with Crippen molar-refractivity contribution in [2.45, 2.75) is 25.5 Å². The summed E-state index contributed by atoms with van der Waals surface area (Å²) >= 11 is 2.29. The van der Waals surface area contributed by atoms with E-state index in [2.05, 4.69) is 22.6 Å². The molecule has 0 saturated carbocycles. The Bertz CT molecular complexity index is 369. The number of nitrogens with zero attached hydrogens (tertiary/aromatic N) is 1. The van der Waals surface area contributed by atoms with E-state index in [1.54, 1.807) is 6.92 Å². The molecule has 86 valence electrons. The lowest BCUT2D eigenvalue weighted by Crippen LogP contribution is -2.33. The van der Waals surface area contributed by atoms with E-state index in [4.69, 9.17) is 4.84 Å². The lowest BCUT2D eigenvalue weighted by Gasteiger charge is -2.19. The van der Waals surface area contributed by atoms with E-state index in [1.807, 2.05) is 30.3 Å². The molecule has 0 aromatic heterocycles. The van der Waals surface area contributed by atoms with Gasteiger partial charge in [0, 0.05) is 17.8 Å². The Balaban J connectivity index is 2.14. The molecule has 0 aliphatic carbocycles. The van der Waals surface area contributed by atoms with Crippen LogP contribution in [0.2, 0.25) is 0 Å². The number of amides is 1. The number of hydrogen-bond donors (Lipinski definition) is 0. The van der Waals surface area contributed by atoms with E-state index >= 15 is 0 Å². The average Bonchev–Trinajstić information content (AvgIpc) is 2.74. The lowest BCUT2D eigenvalue weighted by atomic mass is 10.0. The monoisotopic (exact) mass is 331 g/mol. The van der Waals surface area contributed by atoms with Crippen LogP contribution in [0.5, 0.6) is 0 Å². The third kappa shape index (κ3) is 2.38. The minimum absolute atomic E-state index is 0.0138. The molecule has 3 nitrogen and oxygen atoms in total. The van der Waals surface area contributed by atoms with Crippen molar-refractivity contribution in [1.82, 2.24) is 5.06 Å². The highest BCUT2D eigenvalue weighted by molar-refractivity contribution is 14.1. The van der Waals surface area contributed by atoms with Gasteiger partial charge in [-0.1, -0.05) is 52.9 Å². The van der Waals surface area contributed by atoms with E-state index in [0.717, 1.165) is 16.4 Å². The van der Waals surface area contributed by atoms with Gasteiger partial charge < -0.3 is 0 Å². The third-order valence-corrected chi connectivity index (χ3v) is 3.74. The van der Waals surface area contributed by atoms with Crippen LogP contribution in [0.4, 0.5) is 0 Å². The van der Waals surface area contributed by atoms with Crippen molar-refractivity contribution in [2.75, 3.05) is 4.43 Å². The zero-order valence-corrected chi connectivity index (χ0v) is 11.3. The van der Waals surface area contributed by atoms with E-state index in [-0.39, 0.29) is 18.1 Å². The molecule has 1 heterocycles. The number of halogens is 1. The molecular formula is C12H14INO2. The first-order valence-corrected chi connectivity index (χ1v) is 6.82. The summed E-state index contributed by atoms with van der Waals surface area (Å²) in [5.41, 5.74) is 1.14. The normalized spacial score (nSPS) is 24.8. The van der Waals surface area contributed by atoms with E-state index in [9.17, 15) is 4.79 Å². The fourth-order valence-electron chi connectivity index (χ4n) is 1.93. The van der Waals surface area contributed by atoms with Crippen molar-refractivity contribution < 1.29 is 9.63 Å². The number of hydrogen-bond acceptors (Lipinski definition) is 2. The number of alkyl halides is 1. The van der Waals surface area contributed by atoms with Crippen molar-refractivity contribution in [3.63, 3.8) is 0 Å². The maximum Gasteiger partial charge on any atom is 0.243 e. The van der Waals surface area contributed by atoms with Crippen LogP contribution in [-0.4, -0.2) is 21.4 Å². The Labute approximate surface area is 109 Å². The summed E-state index contributed by atoms with van der Waals surface area (Å²) in [6.45, 7) is 1.55. The van der Waals surface area contributed by atoms with Crippen molar-refractivity contribution in [3.05, 3.63) is 35.9 Å². The molecule has 0 N–H and O–H groups in total. The first kappa shape index (κ1) is 11.9. The van der Waals surface area contributed by atoms with Crippen molar-refractivity contribution in [1.29, 1.82) is 0 Å². The Hall–Kier alpha value is -0.620. The lowest BCUT2D eigenvalue weighted by molar-refractivity contribution is -0.184. The Morgan fingerprint density at radius 1 is 1.50 bits per heavy atom. The molecule has 2 atom stereocenters. The first-order chi connectivity index (χ1) is 7.72. The molecule has 0 radical (unpaired) electrons. The number of rotatable bonds is 2. The van der Waals surface area contributed by atoms with Crippen LogP contribution in [0.15, 0.2) is 30.3 Å². The average molecular weight is 331 g/mol. The topological polar surface area (TPSA) is 29.5 Å². The fraction of sp³-hybridized carbons (Fsp3) is 0.417. The predicted molar refractivity (Wildman–Crippen MR) is 70.1 cm³/mol. The molecule has 1 saturated heterocycles. The van der Waals surface area contributed by atoms with E-state index in [1.165, 1.54) is 5.06 Å². The largest absolute Gasteiger partial charge is 0.273 e. The summed E-state index contributed by atoms with van der Waals surface area (Å²) in [5, 5.41) is 1.52. The molecule has 1 amide bonds. The molecule has 1 fully saturated rings. The molecule has 1 aliphatic heterocycles. The molecule has 0 spiro atoms. The molecular weight excluding hydrogens is 317 g/mol. The SMILES string of the molecule is CC(=O)N1O[C@@H](c2ccccc2)C[C@H]1CI. The molecule has 2 rings (SSSR count). The molecule has 4 heteroatoms. The minimum atomic E-state index is -0.0138. The maximum absolute atomic E-state index is 11.4. The standard InChI is InChI=1S/C12H14INO2/c1-9(15)14-11(8-13)7-12(16-14)10-5-3-2-4-6-10/h2-6,11-12H,7-8H2,1H3/t11-,12+/m0/s1. The van der Waals surface area contributed by atoms with E-state index < -0.39 is 0 Å². The second-order valence-electron chi connectivity index (χ2n) is 3.89. The van der Waals surface area contributed by atoms with Crippen LogP contribution >= 0.6 is 22.6 Å². The highest BCUT2D eigenvalue weighted by Gasteiger charge is 2.35. The van der Waals surface area contributed by atoms with Gasteiger partial charge >= 0.3 is 0 Å². The van der Waals surface area contributed by atoms with Gasteiger partial charge in [-0.3, -0.25) is 9.63 Å². The quantitative estimate of drug-likeness (QED) is 0.616. The number of benzene rings is 1. The van der Waals surface area contributed by atoms with Gasteiger partial charge in [-0.05, 0) is 5.56 Å². The summed E-state index contributed by atoms with van der Waals surface area (Å²) in [7, 11) is 0. The highest BCUT2D eigenvalue weighted by Crippen LogP contribution is 2.33. The van der Waals surface area contributed by atoms with Gasteiger partial charge in [-0.2, -0.15) is 0 Å². The molecule has 1 aromatic rings. The predicted octanol–water partition coefficient (Wildman–Crippen LogP) is 2.72. The molecule has 0 bridgehead atoms. The van der Waals surface area contributed by atoms with Crippen LogP contribution in [0.3, 0.4) is 0 Å². The first-order valence-electron chi connectivity index (χ1n) is 5.30. The summed E-state index contributed by atoms with van der Waals surface area (Å²) in [4.78, 5) is 17.1. The molecule has 16 heavy (non-hydrogen) atoms. The van der Waals surface area contributed by atoms with Gasteiger partial charge in [0.05, 0.1) is 6.04 Å². The minimum Gasteiger partial charge on any atom is -0.273 e. The van der Waals surface area contributed by atoms with Gasteiger partial charge in [-0.25, -0.2) is 5.06 Å². The smallest absolute Gasteiger partial charge is 0.243 e. The molecule has 1 aromatic carbocycles. The summed E-state index contributed by atoms with van der Waals surface area (Å²) in [6.07, 6.45) is 0.900. The zero-order valence-electron chi connectivity index (χ0n) is 9.10. The van der Waals surface area contributed by atoms with Crippen LogP contribution in [0.1, 0.15) is 25.0 Å². The Morgan fingerprint density at radius 3 is 2.69 bits per heavy atom. The van der Waals surface area contributed by atoms with Gasteiger partial charge in [0.1, 0.15) is 6.10 Å². The Morgan fingerprint density at radius 2 is 2.19 bits per heavy atom. The zero-order chi connectivity index (χ0) is 11.5. The number of hydroxylamine groups is 2. The second kappa shape index (κ2) is 5.14. The van der Waals surface area contributed by atoms with Gasteiger partial charge in [0.15, 0.2) is 0 Å². The van der Waals surface area contributed by atoms with Crippen LogP contribution < -0.4 is 0 Å². The summed E-state index contributed by atoms with van der Waals surface area (Å²) in [5.74, 6) is -0.0138. The van der Waals surface area contributed by atoms with Crippen LogP contribution in [-0.2, 0) is 9.63 Å². The summed E-state index contributed by atoms with van der Waals surface area (Å²) < 4.78 is 0.903. The van der Waals surface area contributed by atoms with Crippen LogP contribution in [0, 0.1) is 0 Å². The van der Waals surface area contributed by atoms with Crippen molar-refractivity contribution in [3.8, 4) is 0 Å². The van der Waals surface area contributed by atoms with Gasteiger partial charge in [0.2, 0.25) is 5.91 Å². The van der Waals surface area contributed by atoms with Crippen molar-refractivity contribution >= 4 is 28.5 Å².